The normalized spacial score (nSPS) is 8.29. The van der Waals surface area contributed by atoms with E-state index < -0.39 is 0 Å². The summed E-state index contributed by atoms with van der Waals surface area (Å²) in [5.41, 5.74) is 0. The first-order chi connectivity index (χ1) is 3.27. The van der Waals surface area contributed by atoms with Gasteiger partial charge < -0.3 is 4.74 Å². The summed E-state index contributed by atoms with van der Waals surface area (Å²) in [4.78, 5) is 9.94. The van der Waals surface area contributed by atoms with E-state index in [1.165, 1.54) is 6.92 Å². The summed E-state index contributed by atoms with van der Waals surface area (Å²) >= 11 is 0. The van der Waals surface area contributed by atoms with E-state index in [2.05, 4.69) is 10.1 Å². The molecule has 0 aromatic heterocycles. The van der Waals surface area contributed by atoms with Crippen LogP contribution in [0.2, 0.25) is 0 Å². The molecule has 0 bridgehead atoms. The fourth-order valence-electron chi connectivity index (χ4n) is 0.174. The first kappa shape index (κ1) is 6.43. The highest BCUT2D eigenvalue weighted by Gasteiger charge is 1.84. The van der Waals surface area contributed by atoms with Gasteiger partial charge in [0, 0.05) is 6.92 Å². The third-order valence-electron chi connectivity index (χ3n) is 0.420. The van der Waals surface area contributed by atoms with E-state index in [1.807, 2.05) is 0 Å². The Labute approximate surface area is 42.7 Å². The molecule has 1 N–H and O–H groups in total. The number of hydrogen-bond acceptors (Lipinski definition) is 3. The Bertz CT molecular complexity index is 62.7. The molecule has 0 aliphatic heterocycles. The van der Waals surface area contributed by atoms with Crippen LogP contribution in [0.5, 0.6) is 0 Å². The van der Waals surface area contributed by atoms with Crippen LogP contribution >= 0.6 is 0 Å². The Morgan fingerprint density at radius 2 is 2.43 bits per heavy atom. The van der Waals surface area contributed by atoms with Crippen molar-refractivity contribution in [1.82, 2.24) is 5.32 Å². The van der Waals surface area contributed by atoms with Gasteiger partial charge in [0.1, 0.15) is 6.73 Å². The molecule has 42 valence electrons. The Balaban J connectivity index is 2.82. The van der Waals surface area contributed by atoms with Crippen LogP contribution in [0.1, 0.15) is 6.92 Å². The van der Waals surface area contributed by atoms with E-state index in [0.29, 0.717) is 6.73 Å². The van der Waals surface area contributed by atoms with Gasteiger partial charge in [-0.2, -0.15) is 0 Å². The van der Waals surface area contributed by atoms with Gasteiger partial charge in [-0.05, 0) is 7.05 Å². The molecule has 0 radical (unpaired) electrons. The topological polar surface area (TPSA) is 38.3 Å². The molecule has 0 aromatic carbocycles. The van der Waals surface area contributed by atoms with Crippen molar-refractivity contribution in [3.8, 4) is 0 Å². The van der Waals surface area contributed by atoms with Gasteiger partial charge >= 0.3 is 5.97 Å². The number of esters is 1. The second-order valence-corrected chi connectivity index (χ2v) is 1.13. The lowest BCUT2D eigenvalue weighted by Gasteiger charge is -1.95. The minimum Gasteiger partial charge on any atom is -0.450 e. The van der Waals surface area contributed by atoms with Gasteiger partial charge in [-0.1, -0.05) is 0 Å². The third kappa shape index (κ3) is 5.43. The van der Waals surface area contributed by atoms with Crippen LogP contribution in [0.4, 0.5) is 0 Å². The first-order valence-electron chi connectivity index (χ1n) is 2.05. The van der Waals surface area contributed by atoms with Crippen LogP contribution in [0, 0.1) is 0 Å². The summed E-state index contributed by atoms with van der Waals surface area (Å²) in [6, 6.07) is 0. The second kappa shape index (κ2) is 3.61. The van der Waals surface area contributed by atoms with E-state index in [-0.39, 0.29) is 5.97 Å². The van der Waals surface area contributed by atoms with E-state index >= 15 is 0 Å². The van der Waals surface area contributed by atoms with Crippen molar-refractivity contribution < 1.29 is 9.53 Å². The number of nitrogens with one attached hydrogen (secondary N) is 1. The predicted molar refractivity (Wildman–Crippen MR) is 25.7 cm³/mol. The zero-order valence-corrected chi connectivity index (χ0v) is 4.52. The molecule has 0 atom stereocenters. The van der Waals surface area contributed by atoms with Crippen molar-refractivity contribution in [3.05, 3.63) is 0 Å². The molecule has 0 saturated heterocycles. The lowest BCUT2D eigenvalue weighted by atomic mass is 10.8. The van der Waals surface area contributed by atoms with Gasteiger partial charge in [0.05, 0.1) is 0 Å². The summed E-state index contributed by atoms with van der Waals surface area (Å²) in [5.74, 6) is -0.255. The standard InChI is InChI=1S/C4H9NO2/c1-4(6)7-3-5-2/h5H,3H2,1-2H3. The predicted octanol–water partition coefficient (Wildman–Crippen LogP) is -0.274. The number of carbonyl (C=O) groups excluding carboxylic acids is 1. The highest BCUT2D eigenvalue weighted by molar-refractivity contribution is 5.65. The van der Waals surface area contributed by atoms with Gasteiger partial charge in [-0.25, -0.2) is 0 Å². The van der Waals surface area contributed by atoms with Crippen LogP contribution in [0.25, 0.3) is 0 Å². The van der Waals surface area contributed by atoms with E-state index in [4.69, 9.17) is 0 Å². The lowest BCUT2D eigenvalue weighted by molar-refractivity contribution is -0.141. The van der Waals surface area contributed by atoms with Crippen molar-refractivity contribution in [2.24, 2.45) is 0 Å². The van der Waals surface area contributed by atoms with Gasteiger partial charge in [-0.15, -0.1) is 0 Å². The van der Waals surface area contributed by atoms with Crippen LogP contribution in [-0.4, -0.2) is 19.7 Å². The summed E-state index contributed by atoms with van der Waals surface area (Å²) < 4.78 is 4.44. The van der Waals surface area contributed by atoms with Crippen LogP contribution in [0.3, 0.4) is 0 Å². The molecular formula is C4H9NO2. The molecule has 0 unspecified atom stereocenters. The van der Waals surface area contributed by atoms with Gasteiger partial charge in [0.15, 0.2) is 0 Å². The molecule has 0 saturated carbocycles. The smallest absolute Gasteiger partial charge is 0.303 e. The molecule has 0 amide bonds. The largest absolute Gasteiger partial charge is 0.450 e. The minimum absolute atomic E-state index is 0.255. The second-order valence-electron chi connectivity index (χ2n) is 1.13. The Morgan fingerprint density at radius 1 is 1.86 bits per heavy atom. The molecule has 3 nitrogen and oxygen atoms in total. The van der Waals surface area contributed by atoms with Gasteiger partial charge in [0.25, 0.3) is 0 Å². The summed E-state index contributed by atoms with van der Waals surface area (Å²) in [5, 5.41) is 2.66. The number of hydrogen-bond donors (Lipinski definition) is 1. The summed E-state index contributed by atoms with van der Waals surface area (Å²) in [7, 11) is 1.71. The molecule has 0 aliphatic carbocycles. The highest BCUT2D eigenvalue weighted by Crippen LogP contribution is 1.67. The number of rotatable bonds is 2. The van der Waals surface area contributed by atoms with Crippen molar-refractivity contribution in [1.29, 1.82) is 0 Å². The van der Waals surface area contributed by atoms with Gasteiger partial charge in [0.2, 0.25) is 0 Å². The molecule has 0 spiro atoms. The molecular weight excluding hydrogens is 94.0 g/mol. The lowest BCUT2D eigenvalue weighted by Crippen LogP contribution is -2.13. The van der Waals surface area contributed by atoms with Crippen LogP contribution in [-0.2, 0) is 9.53 Å². The van der Waals surface area contributed by atoms with Crippen molar-refractivity contribution in [2.75, 3.05) is 13.8 Å². The number of ether oxygens (including phenoxy) is 1. The zero-order valence-electron chi connectivity index (χ0n) is 4.52. The third-order valence-corrected chi connectivity index (χ3v) is 0.420. The molecule has 0 rings (SSSR count). The Hall–Kier alpha value is -0.570. The highest BCUT2D eigenvalue weighted by atomic mass is 16.5. The maximum atomic E-state index is 9.94. The van der Waals surface area contributed by atoms with Crippen molar-refractivity contribution in [2.45, 2.75) is 6.92 Å². The summed E-state index contributed by atoms with van der Waals surface area (Å²) in [6.45, 7) is 1.67. The monoisotopic (exact) mass is 103 g/mol. The van der Waals surface area contributed by atoms with Crippen molar-refractivity contribution in [3.63, 3.8) is 0 Å². The first-order valence-corrected chi connectivity index (χ1v) is 2.05. The SMILES string of the molecule is CNCOC(C)=O. The fourth-order valence-corrected chi connectivity index (χ4v) is 0.174. The zero-order chi connectivity index (χ0) is 5.70. The molecule has 7 heavy (non-hydrogen) atoms. The maximum Gasteiger partial charge on any atom is 0.303 e. The van der Waals surface area contributed by atoms with Crippen LogP contribution in [0.15, 0.2) is 0 Å². The fraction of sp³-hybridized carbons (Fsp3) is 0.750. The van der Waals surface area contributed by atoms with Crippen LogP contribution < -0.4 is 5.32 Å². The molecule has 0 aliphatic rings. The average Bonchev–Trinajstić information content (AvgIpc) is 1.61. The maximum absolute atomic E-state index is 9.94. The molecule has 0 fully saturated rings. The summed E-state index contributed by atoms with van der Waals surface area (Å²) in [6.07, 6.45) is 0. The van der Waals surface area contributed by atoms with E-state index in [9.17, 15) is 4.79 Å². The molecule has 0 aromatic rings. The average molecular weight is 103 g/mol. The minimum atomic E-state index is -0.255. The van der Waals surface area contributed by atoms with E-state index in [0.717, 1.165) is 0 Å². The number of carbonyl (C=O) groups is 1. The molecule has 0 heterocycles. The van der Waals surface area contributed by atoms with Crippen molar-refractivity contribution >= 4 is 5.97 Å². The van der Waals surface area contributed by atoms with E-state index in [1.54, 1.807) is 7.05 Å². The van der Waals surface area contributed by atoms with Gasteiger partial charge in [-0.3, -0.25) is 10.1 Å². The Morgan fingerprint density at radius 3 is 2.57 bits per heavy atom. The Kier molecular flexibility index (Phi) is 3.32. The molecule has 3 heteroatoms. The quantitative estimate of drug-likeness (QED) is 0.386.